The lowest BCUT2D eigenvalue weighted by Crippen LogP contribution is -2.54. The van der Waals surface area contributed by atoms with E-state index in [2.05, 4.69) is 5.32 Å². The van der Waals surface area contributed by atoms with Gasteiger partial charge in [0, 0.05) is 24.7 Å². The first-order valence-corrected chi connectivity index (χ1v) is 15.5. The van der Waals surface area contributed by atoms with Gasteiger partial charge in [0.25, 0.3) is 7.37 Å². The number of benzene rings is 3. The van der Waals surface area contributed by atoms with Crippen LogP contribution in [0.25, 0.3) is 0 Å². The van der Waals surface area contributed by atoms with Crippen molar-refractivity contribution in [2.24, 2.45) is 0 Å². The van der Waals surface area contributed by atoms with Crippen LogP contribution in [0.1, 0.15) is 51.0 Å². The van der Waals surface area contributed by atoms with Gasteiger partial charge < -0.3 is 24.2 Å². The minimum absolute atomic E-state index is 0.000567. The standard InChI is InChI=1S/C31H40NO6P/c1-2-31(38-27-15-8-4-9-16-27,39(34,35)30-19-10-5-11-20-30)32-22-26(33)24-37-29-18-12-17-28(21-29)36-23-25-13-6-3-7-14-25/h3-4,6-9,12-18,21,26,30,32-33H,2,5,10-11,19-20,22-24H2,1H3,(H,34,35). The molecule has 0 aliphatic heterocycles. The molecule has 0 aromatic heterocycles. The Morgan fingerprint density at radius 2 is 1.51 bits per heavy atom. The van der Waals surface area contributed by atoms with Crippen molar-refractivity contribution in [1.82, 2.24) is 5.32 Å². The third-order valence-corrected chi connectivity index (χ3v) is 10.3. The van der Waals surface area contributed by atoms with Gasteiger partial charge in [0.1, 0.15) is 36.6 Å². The SMILES string of the molecule is CCC(NCC(O)COc1cccc(OCc2ccccc2)c1)(Oc1ccccc1)P(=O)(O)C1CCCCC1. The number of hydrogen-bond donors (Lipinski definition) is 3. The number of para-hydroxylation sites is 1. The van der Waals surface area contributed by atoms with Crippen LogP contribution in [-0.2, 0) is 11.2 Å². The Labute approximate surface area is 231 Å². The summed E-state index contributed by atoms with van der Waals surface area (Å²) in [5.74, 6) is 1.74. The van der Waals surface area contributed by atoms with Crippen LogP contribution < -0.4 is 19.5 Å². The highest BCUT2D eigenvalue weighted by atomic mass is 31.2. The van der Waals surface area contributed by atoms with Crippen molar-refractivity contribution in [1.29, 1.82) is 0 Å². The zero-order chi connectivity index (χ0) is 27.6. The lowest BCUT2D eigenvalue weighted by Gasteiger charge is -2.42. The molecule has 210 valence electrons. The van der Waals surface area contributed by atoms with Gasteiger partial charge in [-0.15, -0.1) is 0 Å². The maximum Gasteiger partial charge on any atom is 0.260 e. The minimum Gasteiger partial charge on any atom is -0.491 e. The average molecular weight is 554 g/mol. The van der Waals surface area contributed by atoms with E-state index in [0.29, 0.717) is 36.7 Å². The minimum atomic E-state index is -3.85. The lowest BCUT2D eigenvalue weighted by molar-refractivity contribution is 0.0545. The van der Waals surface area contributed by atoms with E-state index in [1.165, 1.54) is 0 Å². The van der Waals surface area contributed by atoms with Crippen molar-refractivity contribution in [3.63, 3.8) is 0 Å². The van der Waals surface area contributed by atoms with Crippen molar-refractivity contribution in [3.05, 3.63) is 90.5 Å². The number of nitrogens with one attached hydrogen (secondary N) is 1. The molecule has 1 aliphatic rings. The van der Waals surface area contributed by atoms with Crippen molar-refractivity contribution < 1.29 is 28.8 Å². The summed E-state index contributed by atoms with van der Waals surface area (Å²) in [5, 5.41) is 14.0. The van der Waals surface area contributed by atoms with Crippen molar-refractivity contribution in [2.75, 3.05) is 13.2 Å². The molecule has 0 spiro atoms. The quantitative estimate of drug-likeness (QED) is 0.158. The number of aliphatic hydroxyl groups excluding tert-OH is 1. The summed E-state index contributed by atoms with van der Waals surface area (Å²) in [5.41, 5.74) is -0.783. The molecule has 1 fully saturated rings. The van der Waals surface area contributed by atoms with Gasteiger partial charge in [-0.1, -0.05) is 80.8 Å². The topological polar surface area (TPSA) is 97.3 Å². The van der Waals surface area contributed by atoms with Gasteiger partial charge in [-0.3, -0.25) is 9.88 Å². The van der Waals surface area contributed by atoms with Crippen LogP contribution >= 0.6 is 7.37 Å². The molecule has 8 heteroatoms. The fraction of sp³-hybridized carbons (Fsp3) is 0.419. The van der Waals surface area contributed by atoms with Gasteiger partial charge in [0.15, 0.2) is 0 Å². The largest absolute Gasteiger partial charge is 0.491 e. The number of ether oxygens (including phenoxy) is 3. The van der Waals surface area contributed by atoms with Crippen molar-refractivity contribution in [2.45, 2.75) is 69.3 Å². The third-order valence-electron chi connectivity index (χ3n) is 7.21. The summed E-state index contributed by atoms with van der Waals surface area (Å²) in [6.07, 6.45) is 3.68. The van der Waals surface area contributed by atoms with Gasteiger partial charge in [-0.25, -0.2) is 0 Å². The summed E-state index contributed by atoms with van der Waals surface area (Å²) in [4.78, 5) is 11.5. The molecule has 3 N–H and O–H groups in total. The first kappa shape index (κ1) is 29.2. The molecular formula is C31H40NO6P. The zero-order valence-corrected chi connectivity index (χ0v) is 23.5. The van der Waals surface area contributed by atoms with E-state index in [9.17, 15) is 14.6 Å². The second-order valence-corrected chi connectivity index (χ2v) is 12.8. The van der Waals surface area contributed by atoms with E-state index >= 15 is 0 Å². The molecule has 3 aromatic rings. The Hall–Kier alpha value is -2.83. The zero-order valence-electron chi connectivity index (χ0n) is 22.6. The Bertz CT molecular complexity index is 1190. The lowest BCUT2D eigenvalue weighted by atomic mass is 10.0. The van der Waals surface area contributed by atoms with E-state index in [0.717, 1.165) is 24.8 Å². The highest BCUT2D eigenvalue weighted by Crippen LogP contribution is 2.62. The molecule has 4 rings (SSSR count). The van der Waals surface area contributed by atoms with Crippen LogP contribution in [0.2, 0.25) is 0 Å². The maximum absolute atomic E-state index is 14.1. The first-order chi connectivity index (χ1) is 18.9. The van der Waals surface area contributed by atoms with Crippen LogP contribution in [0.3, 0.4) is 0 Å². The highest BCUT2D eigenvalue weighted by Gasteiger charge is 2.53. The fourth-order valence-electron chi connectivity index (χ4n) is 4.97. The Kier molecular flexibility index (Phi) is 10.5. The van der Waals surface area contributed by atoms with E-state index in [1.807, 2.05) is 67.6 Å². The molecule has 3 unspecified atom stereocenters. The van der Waals surface area contributed by atoms with Crippen LogP contribution in [0.4, 0.5) is 0 Å². The molecular weight excluding hydrogens is 513 g/mol. The molecule has 3 atom stereocenters. The Morgan fingerprint density at radius 3 is 2.18 bits per heavy atom. The smallest absolute Gasteiger partial charge is 0.260 e. The summed E-state index contributed by atoms with van der Waals surface area (Å²) < 4.78 is 32.0. The molecule has 0 heterocycles. The van der Waals surface area contributed by atoms with E-state index in [1.54, 1.807) is 24.3 Å². The van der Waals surface area contributed by atoms with Crippen molar-refractivity contribution >= 4 is 7.37 Å². The van der Waals surface area contributed by atoms with Crippen LogP contribution in [0, 0.1) is 0 Å². The second kappa shape index (κ2) is 14.0. The molecule has 1 aliphatic carbocycles. The van der Waals surface area contributed by atoms with E-state index < -0.39 is 18.9 Å². The summed E-state index contributed by atoms with van der Waals surface area (Å²) in [6, 6.07) is 26.3. The summed E-state index contributed by atoms with van der Waals surface area (Å²) >= 11 is 0. The van der Waals surface area contributed by atoms with E-state index in [4.69, 9.17) is 14.2 Å². The molecule has 1 saturated carbocycles. The normalized spacial score (nSPS) is 17.9. The summed E-state index contributed by atoms with van der Waals surface area (Å²) in [6.45, 7) is 2.31. The van der Waals surface area contributed by atoms with Gasteiger partial charge in [0.2, 0.25) is 5.47 Å². The highest BCUT2D eigenvalue weighted by molar-refractivity contribution is 7.60. The Balaban J connectivity index is 1.38. The molecule has 0 saturated heterocycles. The number of aliphatic hydroxyl groups is 1. The predicted octanol–water partition coefficient (Wildman–Crippen LogP) is 6.34. The van der Waals surface area contributed by atoms with E-state index in [-0.39, 0.29) is 25.2 Å². The summed E-state index contributed by atoms with van der Waals surface area (Å²) in [7, 11) is -3.85. The second-order valence-electron chi connectivity index (χ2n) is 10.1. The number of hydrogen-bond acceptors (Lipinski definition) is 6. The van der Waals surface area contributed by atoms with Gasteiger partial charge >= 0.3 is 0 Å². The first-order valence-electron chi connectivity index (χ1n) is 13.8. The maximum atomic E-state index is 14.1. The number of rotatable bonds is 14. The van der Waals surface area contributed by atoms with Crippen LogP contribution in [-0.4, -0.2) is 40.4 Å². The Morgan fingerprint density at radius 1 is 0.897 bits per heavy atom. The van der Waals surface area contributed by atoms with Crippen LogP contribution in [0.5, 0.6) is 17.2 Å². The monoisotopic (exact) mass is 553 g/mol. The molecule has 39 heavy (non-hydrogen) atoms. The molecule has 0 radical (unpaired) electrons. The van der Waals surface area contributed by atoms with Gasteiger partial charge in [-0.05, 0) is 42.7 Å². The predicted molar refractivity (Wildman–Crippen MR) is 154 cm³/mol. The third kappa shape index (κ3) is 7.86. The van der Waals surface area contributed by atoms with Crippen LogP contribution in [0.15, 0.2) is 84.9 Å². The van der Waals surface area contributed by atoms with Gasteiger partial charge in [0.05, 0.1) is 0 Å². The molecule has 3 aromatic carbocycles. The van der Waals surface area contributed by atoms with Crippen molar-refractivity contribution in [3.8, 4) is 17.2 Å². The molecule has 0 bridgehead atoms. The fourth-order valence-corrected chi connectivity index (χ4v) is 7.63. The van der Waals surface area contributed by atoms with Gasteiger partial charge in [-0.2, -0.15) is 0 Å². The molecule has 0 amide bonds. The molecule has 7 nitrogen and oxygen atoms in total. The average Bonchev–Trinajstić information content (AvgIpc) is 2.99.